The van der Waals surface area contributed by atoms with Crippen LogP contribution in [0.15, 0.2) is 54.7 Å². The highest BCUT2D eigenvalue weighted by Gasteiger charge is 2.16. The number of Topliss-reactive ketones (excluding diaryl/α,β-unsaturated/α-hetero) is 1. The zero-order valence-corrected chi connectivity index (χ0v) is 23.6. The van der Waals surface area contributed by atoms with Crippen LogP contribution in [0.5, 0.6) is 23.1 Å². The Labute approximate surface area is 235 Å². The van der Waals surface area contributed by atoms with Gasteiger partial charge in [-0.05, 0) is 75.2 Å². The van der Waals surface area contributed by atoms with Crippen molar-refractivity contribution in [2.75, 3.05) is 14.1 Å². The van der Waals surface area contributed by atoms with E-state index in [0.717, 1.165) is 12.0 Å². The van der Waals surface area contributed by atoms with E-state index in [2.05, 4.69) is 35.7 Å². The van der Waals surface area contributed by atoms with Crippen LogP contribution in [0, 0.1) is 0 Å². The first-order valence-corrected chi connectivity index (χ1v) is 13.4. The van der Waals surface area contributed by atoms with Gasteiger partial charge in [0, 0.05) is 17.8 Å². The Morgan fingerprint density at radius 3 is 2.23 bits per heavy atom. The van der Waals surface area contributed by atoms with Crippen LogP contribution in [-0.2, 0) is 13.0 Å². The Morgan fingerprint density at radius 1 is 1.00 bits per heavy atom. The zero-order valence-electron chi connectivity index (χ0n) is 23.6. The van der Waals surface area contributed by atoms with Gasteiger partial charge in [0.15, 0.2) is 5.78 Å². The predicted molar refractivity (Wildman–Crippen MR) is 160 cm³/mol. The molecular weight excluding hydrogens is 490 g/mol. The number of nitrogens with one attached hydrogen (secondary N) is 2. The molecule has 1 heterocycles. The minimum Gasteiger partial charge on any atom is -0.507 e. The molecule has 3 aromatic rings. The number of aromatic hydroxyl groups is 1. The number of pyridine rings is 1. The number of phenolic OH excluding ortho intramolecular Hbond substituents is 1. The van der Waals surface area contributed by atoms with E-state index in [-0.39, 0.29) is 19.0 Å². The third-order valence-corrected chi connectivity index (χ3v) is 6.23. The number of hydrazine groups is 1. The fourth-order valence-electron chi connectivity index (χ4n) is 3.88. The second-order valence-corrected chi connectivity index (χ2v) is 9.25. The summed E-state index contributed by atoms with van der Waals surface area (Å²) < 4.78 is 11.9. The molecule has 0 saturated heterocycles. The van der Waals surface area contributed by atoms with Crippen molar-refractivity contribution in [1.82, 2.24) is 15.8 Å². The summed E-state index contributed by atoms with van der Waals surface area (Å²) in [6.07, 6.45) is 6.97. The standard InChI is InChI=1S/C29H35NO4.C2H8N2.CH4/c1-5-7-9-20(3)23-12-17-28(30-18-23)34-24-13-10-22(11-14-24)19-33-27-16-15-25(21(4)31)29(32)26(27)8-6-2;1-3-4-2;/h10-18,20,32H,5-9,19H2,1-4H3;3-4H,1-2H3;1H4. The van der Waals surface area contributed by atoms with Crippen molar-refractivity contribution in [2.24, 2.45) is 0 Å². The van der Waals surface area contributed by atoms with Crippen LogP contribution in [0.25, 0.3) is 0 Å². The van der Waals surface area contributed by atoms with E-state index in [1.165, 1.54) is 31.7 Å². The van der Waals surface area contributed by atoms with E-state index in [1.54, 1.807) is 12.1 Å². The van der Waals surface area contributed by atoms with Crippen LogP contribution in [0.1, 0.15) is 93.8 Å². The maximum atomic E-state index is 11.7. The molecule has 39 heavy (non-hydrogen) atoms. The maximum Gasteiger partial charge on any atom is 0.219 e. The third-order valence-electron chi connectivity index (χ3n) is 6.23. The van der Waals surface area contributed by atoms with Crippen LogP contribution in [0.3, 0.4) is 0 Å². The first-order valence-electron chi connectivity index (χ1n) is 13.4. The Bertz CT molecular complexity index is 1110. The molecule has 0 amide bonds. The monoisotopic (exact) mass is 537 g/mol. The second-order valence-electron chi connectivity index (χ2n) is 9.25. The number of carbonyl (C=O) groups excluding carboxylic acids is 1. The van der Waals surface area contributed by atoms with Crippen LogP contribution in [0.4, 0.5) is 0 Å². The largest absolute Gasteiger partial charge is 0.507 e. The molecule has 3 N–H and O–H groups in total. The average molecular weight is 538 g/mol. The fourth-order valence-corrected chi connectivity index (χ4v) is 3.88. The summed E-state index contributed by atoms with van der Waals surface area (Å²) in [6.45, 7) is 8.27. The molecule has 214 valence electrons. The van der Waals surface area contributed by atoms with Gasteiger partial charge in [-0.15, -0.1) is 0 Å². The number of hydrogen-bond acceptors (Lipinski definition) is 7. The Balaban J connectivity index is 0.00000142. The van der Waals surface area contributed by atoms with Gasteiger partial charge in [-0.2, -0.15) is 0 Å². The zero-order chi connectivity index (χ0) is 27.9. The molecule has 1 unspecified atom stereocenters. The number of rotatable bonds is 13. The van der Waals surface area contributed by atoms with E-state index in [4.69, 9.17) is 9.47 Å². The Hall–Kier alpha value is -3.42. The molecule has 3 rings (SSSR count). The predicted octanol–water partition coefficient (Wildman–Crippen LogP) is 7.58. The number of unbranched alkanes of at least 4 members (excludes halogenated alkanes) is 1. The van der Waals surface area contributed by atoms with Crippen LogP contribution in [-0.4, -0.2) is 30.0 Å². The lowest BCUT2D eigenvalue weighted by atomic mass is 9.97. The number of hydrogen-bond donors (Lipinski definition) is 3. The SMILES string of the molecule is C.CCCCC(C)c1ccc(Oc2ccc(COc3ccc(C(C)=O)c(O)c3CCC)cc2)nc1.CNNC. The van der Waals surface area contributed by atoms with Gasteiger partial charge in [0.2, 0.25) is 5.88 Å². The van der Waals surface area contributed by atoms with Crippen molar-refractivity contribution in [2.45, 2.75) is 79.8 Å². The summed E-state index contributed by atoms with van der Waals surface area (Å²) >= 11 is 0. The molecule has 0 aliphatic heterocycles. The lowest BCUT2D eigenvalue weighted by Gasteiger charge is -2.15. The van der Waals surface area contributed by atoms with Crippen molar-refractivity contribution in [3.8, 4) is 23.1 Å². The lowest BCUT2D eigenvalue weighted by Crippen LogP contribution is -2.21. The Morgan fingerprint density at radius 2 is 1.69 bits per heavy atom. The molecule has 1 atom stereocenters. The molecule has 1 aromatic heterocycles. The van der Waals surface area contributed by atoms with Gasteiger partial charge in [-0.1, -0.05) is 65.7 Å². The van der Waals surface area contributed by atoms with E-state index >= 15 is 0 Å². The molecule has 0 aliphatic carbocycles. The van der Waals surface area contributed by atoms with E-state index in [0.29, 0.717) is 47.5 Å². The molecular formula is C32H47N3O4. The topological polar surface area (TPSA) is 92.7 Å². The van der Waals surface area contributed by atoms with Gasteiger partial charge >= 0.3 is 0 Å². The van der Waals surface area contributed by atoms with Crippen LogP contribution in [0.2, 0.25) is 0 Å². The molecule has 2 aromatic carbocycles. The van der Waals surface area contributed by atoms with Crippen molar-refractivity contribution < 1.29 is 19.4 Å². The highest BCUT2D eigenvalue weighted by molar-refractivity contribution is 5.97. The van der Waals surface area contributed by atoms with E-state index in [9.17, 15) is 9.90 Å². The number of ketones is 1. The van der Waals surface area contributed by atoms with E-state index in [1.807, 2.05) is 57.5 Å². The molecule has 0 aliphatic rings. The molecule has 7 nitrogen and oxygen atoms in total. The van der Waals surface area contributed by atoms with Gasteiger partial charge in [0.25, 0.3) is 0 Å². The van der Waals surface area contributed by atoms with Gasteiger partial charge in [-0.25, -0.2) is 4.98 Å². The molecule has 0 bridgehead atoms. The van der Waals surface area contributed by atoms with Crippen molar-refractivity contribution >= 4 is 5.78 Å². The maximum absolute atomic E-state index is 11.7. The number of benzene rings is 2. The van der Waals surface area contributed by atoms with Crippen molar-refractivity contribution in [3.05, 3.63) is 77.0 Å². The average Bonchev–Trinajstić information content (AvgIpc) is 2.93. The van der Waals surface area contributed by atoms with Gasteiger partial charge in [-0.3, -0.25) is 15.6 Å². The summed E-state index contributed by atoms with van der Waals surface area (Å²) in [7, 11) is 3.64. The number of phenols is 1. The van der Waals surface area contributed by atoms with Crippen molar-refractivity contribution in [1.29, 1.82) is 0 Å². The highest BCUT2D eigenvalue weighted by Crippen LogP contribution is 2.33. The summed E-state index contributed by atoms with van der Waals surface area (Å²) in [5, 5.41) is 10.5. The summed E-state index contributed by atoms with van der Waals surface area (Å²) in [4.78, 5) is 16.2. The number of aromatic nitrogens is 1. The smallest absolute Gasteiger partial charge is 0.219 e. The van der Waals surface area contributed by atoms with Crippen LogP contribution < -0.4 is 20.3 Å². The summed E-state index contributed by atoms with van der Waals surface area (Å²) in [6, 6.07) is 15.1. The lowest BCUT2D eigenvalue weighted by molar-refractivity contribution is 0.101. The summed E-state index contributed by atoms with van der Waals surface area (Å²) in [5.41, 5.74) is 8.57. The van der Waals surface area contributed by atoms with Crippen molar-refractivity contribution in [3.63, 3.8) is 0 Å². The first-order chi connectivity index (χ1) is 18.3. The van der Waals surface area contributed by atoms with Gasteiger partial charge in [0.05, 0.1) is 5.56 Å². The number of carbonyl (C=O) groups is 1. The number of ether oxygens (including phenoxy) is 2. The number of nitrogens with zero attached hydrogens (tertiary/aromatic N) is 1. The summed E-state index contributed by atoms with van der Waals surface area (Å²) in [5.74, 6) is 2.24. The van der Waals surface area contributed by atoms with E-state index < -0.39 is 0 Å². The minimum atomic E-state index is -0.160. The van der Waals surface area contributed by atoms with Gasteiger partial charge in [0.1, 0.15) is 23.9 Å². The normalized spacial score (nSPS) is 11.0. The molecule has 0 fully saturated rings. The highest BCUT2D eigenvalue weighted by atomic mass is 16.5. The molecule has 7 heteroatoms. The minimum absolute atomic E-state index is 0. The Kier molecular flexibility index (Phi) is 15.5. The third kappa shape index (κ3) is 10.7. The fraction of sp³-hybridized carbons (Fsp3) is 0.438. The molecule has 0 spiro atoms. The van der Waals surface area contributed by atoms with Gasteiger partial charge < -0.3 is 14.6 Å². The van der Waals surface area contributed by atoms with Crippen LogP contribution >= 0.6 is 0 Å². The molecule has 0 radical (unpaired) electrons. The quantitative estimate of drug-likeness (QED) is 0.153. The second kappa shape index (κ2) is 18.0. The first kappa shape index (κ1) is 33.6. The molecule has 0 saturated carbocycles.